The Kier molecular flexibility index (Phi) is 2.77. The summed E-state index contributed by atoms with van der Waals surface area (Å²) >= 11 is 0. The van der Waals surface area contributed by atoms with Gasteiger partial charge in [0.05, 0.1) is 4.90 Å². The average molecular weight is 241 g/mol. The van der Waals surface area contributed by atoms with E-state index in [-0.39, 0.29) is 17.0 Å². The van der Waals surface area contributed by atoms with Gasteiger partial charge in [0.2, 0.25) is 0 Å². The van der Waals surface area contributed by atoms with Gasteiger partial charge in [0, 0.05) is 0 Å². The molecule has 1 aromatic rings. The van der Waals surface area contributed by atoms with Gasteiger partial charge in [-0.3, -0.25) is 4.84 Å². The molecule has 1 aliphatic heterocycles. The van der Waals surface area contributed by atoms with Crippen LogP contribution in [0.4, 0.5) is 0 Å². The first-order chi connectivity index (χ1) is 7.43. The number of hydroxylamine groups is 1. The van der Waals surface area contributed by atoms with Gasteiger partial charge in [-0.05, 0) is 29.4 Å². The van der Waals surface area contributed by atoms with Crippen molar-refractivity contribution in [2.45, 2.75) is 31.9 Å². The molecule has 16 heavy (non-hydrogen) atoms. The first kappa shape index (κ1) is 11.6. The molecule has 0 aliphatic carbocycles. The summed E-state index contributed by atoms with van der Waals surface area (Å²) < 4.78 is 25.1. The van der Waals surface area contributed by atoms with E-state index in [0.29, 0.717) is 0 Å². The number of nitrogens with zero attached hydrogens (tertiary/aromatic N) is 1. The monoisotopic (exact) mass is 241 g/mol. The van der Waals surface area contributed by atoms with Crippen LogP contribution in [0.2, 0.25) is 0 Å². The van der Waals surface area contributed by atoms with Crippen LogP contribution < -0.4 is 0 Å². The van der Waals surface area contributed by atoms with E-state index >= 15 is 0 Å². The van der Waals surface area contributed by atoms with E-state index in [9.17, 15) is 8.42 Å². The highest BCUT2D eigenvalue weighted by molar-refractivity contribution is 7.89. The Bertz CT molecular complexity index is 478. The molecule has 0 amide bonds. The summed E-state index contributed by atoms with van der Waals surface area (Å²) in [6, 6.07) is 6.76. The lowest BCUT2D eigenvalue weighted by Crippen LogP contribution is -2.16. The number of hydrogen-bond acceptors (Lipinski definition) is 3. The van der Waals surface area contributed by atoms with E-state index in [0.717, 1.165) is 10.0 Å². The second-order valence-electron chi connectivity index (χ2n) is 4.31. The zero-order valence-corrected chi connectivity index (χ0v) is 10.4. The third-order valence-corrected chi connectivity index (χ3v) is 4.14. The molecule has 1 aliphatic rings. The van der Waals surface area contributed by atoms with Crippen molar-refractivity contribution in [2.75, 3.05) is 0 Å². The van der Waals surface area contributed by atoms with Gasteiger partial charge in [-0.15, -0.1) is 0 Å². The minimum absolute atomic E-state index is 0.167. The summed E-state index contributed by atoms with van der Waals surface area (Å²) in [4.78, 5) is 5.35. The smallest absolute Gasteiger partial charge is 0.259 e. The van der Waals surface area contributed by atoms with E-state index in [1.54, 1.807) is 24.3 Å². The summed E-state index contributed by atoms with van der Waals surface area (Å²) in [7, 11) is -3.47. The van der Waals surface area contributed by atoms with Gasteiger partial charge in [-0.25, -0.2) is 8.42 Å². The van der Waals surface area contributed by atoms with Crippen molar-refractivity contribution in [3.63, 3.8) is 0 Å². The highest BCUT2D eigenvalue weighted by Crippen LogP contribution is 2.34. The minimum atomic E-state index is -3.47. The normalized spacial score (nSPS) is 24.8. The van der Waals surface area contributed by atoms with E-state index in [4.69, 9.17) is 4.84 Å². The van der Waals surface area contributed by atoms with Crippen LogP contribution in [0.25, 0.3) is 0 Å². The standard InChI is InChI=1S/C11H15NO3S/c1-8(2)11-12(15-11)16(13,14)10-6-4-9(3)5-7-10/h4-8,11H,1-3H3. The number of hydrogen-bond donors (Lipinski definition) is 0. The quantitative estimate of drug-likeness (QED) is 0.760. The fourth-order valence-electron chi connectivity index (χ4n) is 1.45. The van der Waals surface area contributed by atoms with Gasteiger partial charge in [-0.1, -0.05) is 31.5 Å². The lowest BCUT2D eigenvalue weighted by atomic mass is 10.2. The Morgan fingerprint density at radius 2 is 1.81 bits per heavy atom. The van der Waals surface area contributed by atoms with E-state index in [1.807, 2.05) is 20.8 Å². The number of sulfonamides is 1. The lowest BCUT2D eigenvalue weighted by molar-refractivity contribution is 0.272. The summed E-state index contributed by atoms with van der Waals surface area (Å²) in [5.74, 6) is 0.167. The molecule has 0 bridgehead atoms. The Balaban J connectivity index is 2.24. The zero-order chi connectivity index (χ0) is 11.9. The molecule has 4 nitrogen and oxygen atoms in total. The Labute approximate surface area is 95.8 Å². The predicted molar refractivity (Wildman–Crippen MR) is 59.9 cm³/mol. The summed E-state index contributed by atoms with van der Waals surface area (Å²) in [5.41, 5.74) is 1.03. The number of benzene rings is 1. The molecule has 2 atom stereocenters. The van der Waals surface area contributed by atoms with Crippen LogP contribution in [0, 0.1) is 12.8 Å². The van der Waals surface area contributed by atoms with Crippen molar-refractivity contribution < 1.29 is 13.3 Å². The average Bonchev–Trinajstić information content (AvgIpc) is 2.98. The fourth-order valence-corrected chi connectivity index (χ4v) is 2.86. The third-order valence-electron chi connectivity index (χ3n) is 2.50. The molecule has 0 saturated carbocycles. The molecule has 0 aromatic heterocycles. The van der Waals surface area contributed by atoms with Crippen LogP contribution in [0.15, 0.2) is 29.2 Å². The molecule has 0 spiro atoms. The largest absolute Gasteiger partial charge is 0.267 e. The van der Waals surface area contributed by atoms with E-state index < -0.39 is 10.0 Å². The highest BCUT2D eigenvalue weighted by atomic mass is 32.2. The van der Waals surface area contributed by atoms with Crippen LogP contribution in [0.1, 0.15) is 19.4 Å². The number of rotatable bonds is 3. The zero-order valence-electron chi connectivity index (χ0n) is 9.54. The van der Waals surface area contributed by atoms with Crippen LogP contribution in [0.5, 0.6) is 0 Å². The third kappa shape index (κ3) is 1.98. The molecule has 2 unspecified atom stereocenters. The van der Waals surface area contributed by atoms with Gasteiger partial charge in [0.25, 0.3) is 10.0 Å². The summed E-state index contributed by atoms with van der Waals surface area (Å²) in [5, 5.41) is 0. The molecular weight excluding hydrogens is 226 g/mol. The molecule has 1 aromatic carbocycles. The number of aryl methyl sites for hydroxylation is 1. The first-order valence-electron chi connectivity index (χ1n) is 5.21. The predicted octanol–water partition coefficient (Wildman–Crippen LogP) is 1.91. The summed E-state index contributed by atoms with van der Waals surface area (Å²) in [6.07, 6.45) is -0.314. The van der Waals surface area contributed by atoms with Gasteiger partial charge >= 0.3 is 0 Å². The van der Waals surface area contributed by atoms with Crippen LogP contribution >= 0.6 is 0 Å². The minimum Gasteiger partial charge on any atom is -0.259 e. The molecule has 1 heterocycles. The molecule has 2 rings (SSSR count). The molecule has 0 N–H and O–H groups in total. The van der Waals surface area contributed by atoms with Crippen molar-refractivity contribution in [3.8, 4) is 0 Å². The molecule has 1 saturated heterocycles. The maximum atomic E-state index is 12.0. The van der Waals surface area contributed by atoms with Crippen LogP contribution in [0.3, 0.4) is 0 Å². The summed E-state index contributed by atoms with van der Waals surface area (Å²) in [6.45, 7) is 5.77. The molecule has 88 valence electrons. The van der Waals surface area contributed by atoms with Gasteiger partial charge < -0.3 is 0 Å². The van der Waals surface area contributed by atoms with Gasteiger partial charge in [-0.2, -0.15) is 0 Å². The van der Waals surface area contributed by atoms with Crippen molar-refractivity contribution in [3.05, 3.63) is 29.8 Å². The molecule has 5 heteroatoms. The second-order valence-corrected chi connectivity index (χ2v) is 6.09. The van der Waals surface area contributed by atoms with Crippen molar-refractivity contribution in [2.24, 2.45) is 5.92 Å². The van der Waals surface area contributed by atoms with Crippen molar-refractivity contribution in [1.29, 1.82) is 0 Å². The maximum Gasteiger partial charge on any atom is 0.267 e. The first-order valence-corrected chi connectivity index (χ1v) is 6.65. The topological polar surface area (TPSA) is 49.7 Å². The molecule has 1 fully saturated rings. The van der Waals surface area contributed by atoms with Gasteiger partial charge in [0.1, 0.15) is 0 Å². The lowest BCUT2D eigenvalue weighted by Gasteiger charge is -2.03. The Morgan fingerprint density at radius 1 is 1.25 bits per heavy atom. The van der Waals surface area contributed by atoms with E-state index in [1.165, 1.54) is 0 Å². The highest BCUT2D eigenvalue weighted by Gasteiger charge is 2.49. The maximum absolute atomic E-state index is 12.0. The van der Waals surface area contributed by atoms with Crippen LogP contribution in [-0.4, -0.2) is 19.1 Å². The Hall–Kier alpha value is -0.910. The van der Waals surface area contributed by atoms with Crippen molar-refractivity contribution in [1.82, 2.24) is 4.47 Å². The van der Waals surface area contributed by atoms with Gasteiger partial charge in [0.15, 0.2) is 6.23 Å². The van der Waals surface area contributed by atoms with Crippen molar-refractivity contribution >= 4 is 10.0 Å². The molecular formula is C11H15NO3S. The molecule has 0 radical (unpaired) electrons. The second kappa shape index (κ2) is 3.84. The van der Waals surface area contributed by atoms with Crippen LogP contribution in [-0.2, 0) is 14.9 Å². The Morgan fingerprint density at radius 3 is 2.25 bits per heavy atom. The fraction of sp³-hybridized carbons (Fsp3) is 0.455. The van der Waals surface area contributed by atoms with E-state index in [2.05, 4.69) is 0 Å². The SMILES string of the molecule is Cc1ccc(S(=O)(=O)N2OC2C(C)C)cc1.